The van der Waals surface area contributed by atoms with Crippen LogP contribution in [-0.4, -0.2) is 24.0 Å². The van der Waals surface area contributed by atoms with Crippen LogP contribution in [0.1, 0.15) is 22.3 Å². The lowest BCUT2D eigenvalue weighted by atomic mass is 10.1. The number of nitriles is 1. The number of hydrogen-bond donors (Lipinski definition) is 0. The molecule has 4 heteroatoms. The van der Waals surface area contributed by atoms with Crippen molar-refractivity contribution in [2.24, 2.45) is 0 Å². The van der Waals surface area contributed by atoms with Crippen LogP contribution in [0.3, 0.4) is 0 Å². The van der Waals surface area contributed by atoms with Crippen LogP contribution < -0.4 is 4.74 Å². The molecule has 128 valence electrons. The van der Waals surface area contributed by atoms with E-state index < -0.39 is 0 Å². The molecule has 0 saturated heterocycles. The number of ether oxygens (including phenoxy) is 1. The van der Waals surface area contributed by atoms with Gasteiger partial charge in [-0.05, 0) is 43.2 Å². The van der Waals surface area contributed by atoms with E-state index in [4.69, 9.17) is 10.00 Å². The average Bonchev–Trinajstić information content (AvgIpc) is 2.61. The highest BCUT2D eigenvalue weighted by Gasteiger charge is 2.14. The average molecular weight is 334 g/mol. The summed E-state index contributed by atoms with van der Waals surface area (Å²) in [4.78, 5) is 14.2. The third-order valence-electron chi connectivity index (χ3n) is 3.84. The first-order valence-corrected chi connectivity index (χ1v) is 8.11. The first-order valence-electron chi connectivity index (χ1n) is 8.11. The third kappa shape index (κ3) is 5.22. The van der Waals surface area contributed by atoms with Gasteiger partial charge in [-0.25, -0.2) is 0 Å². The van der Waals surface area contributed by atoms with Crippen molar-refractivity contribution in [1.29, 1.82) is 5.26 Å². The van der Waals surface area contributed by atoms with E-state index >= 15 is 0 Å². The van der Waals surface area contributed by atoms with E-state index in [1.807, 2.05) is 44.2 Å². The molecule has 0 atom stereocenters. The molecule has 0 saturated carbocycles. The van der Waals surface area contributed by atoms with Crippen molar-refractivity contribution in [2.75, 3.05) is 13.2 Å². The summed E-state index contributed by atoms with van der Waals surface area (Å²) in [6.45, 7) is 8.57. The van der Waals surface area contributed by atoms with Crippen molar-refractivity contribution in [3.63, 3.8) is 0 Å². The Morgan fingerprint density at radius 1 is 1.24 bits per heavy atom. The molecule has 2 aromatic carbocycles. The molecule has 0 spiro atoms. The summed E-state index contributed by atoms with van der Waals surface area (Å²) in [7, 11) is 0. The van der Waals surface area contributed by atoms with E-state index in [1.165, 1.54) is 0 Å². The second-order valence-corrected chi connectivity index (χ2v) is 5.93. The van der Waals surface area contributed by atoms with Crippen LogP contribution in [0.5, 0.6) is 5.75 Å². The molecule has 1 amide bonds. The zero-order valence-corrected chi connectivity index (χ0v) is 14.7. The van der Waals surface area contributed by atoms with Gasteiger partial charge in [-0.3, -0.25) is 4.79 Å². The number of carbonyl (C=O) groups excluding carboxylic acids is 1. The minimum absolute atomic E-state index is 0.0198. The predicted octanol–water partition coefficient (Wildman–Crippen LogP) is 3.77. The van der Waals surface area contributed by atoms with E-state index in [9.17, 15) is 4.79 Å². The van der Waals surface area contributed by atoms with Gasteiger partial charge in [-0.15, -0.1) is 6.58 Å². The van der Waals surface area contributed by atoms with Crippen LogP contribution >= 0.6 is 0 Å². The maximum absolute atomic E-state index is 12.5. The largest absolute Gasteiger partial charge is 0.483 e. The molecule has 0 aliphatic carbocycles. The summed E-state index contributed by atoms with van der Waals surface area (Å²) in [5, 5.41) is 8.86. The monoisotopic (exact) mass is 334 g/mol. The summed E-state index contributed by atoms with van der Waals surface area (Å²) >= 11 is 0. The van der Waals surface area contributed by atoms with Crippen LogP contribution in [0.2, 0.25) is 0 Å². The first-order chi connectivity index (χ1) is 12.0. The molecule has 0 aliphatic rings. The van der Waals surface area contributed by atoms with E-state index in [-0.39, 0.29) is 12.5 Å². The van der Waals surface area contributed by atoms with Gasteiger partial charge in [0.05, 0.1) is 11.6 Å². The van der Waals surface area contributed by atoms with Crippen molar-refractivity contribution < 1.29 is 9.53 Å². The fourth-order valence-corrected chi connectivity index (χ4v) is 2.51. The Bertz CT molecular complexity index is 789. The molecular weight excluding hydrogens is 312 g/mol. The van der Waals surface area contributed by atoms with Crippen molar-refractivity contribution in [1.82, 2.24) is 4.90 Å². The molecule has 2 aromatic rings. The zero-order chi connectivity index (χ0) is 18.2. The zero-order valence-electron chi connectivity index (χ0n) is 14.7. The van der Waals surface area contributed by atoms with Gasteiger partial charge in [0.15, 0.2) is 6.61 Å². The maximum Gasteiger partial charge on any atom is 0.261 e. The second kappa shape index (κ2) is 8.70. The van der Waals surface area contributed by atoms with Crippen LogP contribution in [0.4, 0.5) is 0 Å². The van der Waals surface area contributed by atoms with E-state index in [0.29, 0.717) is 18.7 Å². The Kier molecular flexibility index (Phi) is 6.36. The van der Waals surface area contributed by atoms with Gasteiger partial charge in [0.1, 0.15) is 5.75 Å². The second-order valence-electron chi connectivity index (χ2n) is 5.93. The minimum Gasteiger partial charge on any atom is -0.483 e. The number of amides is 1. The molecule has 25 heavy (non-hydrogen) atoms. The standard InChI is InChI=1S/C21H22N2O2/c1-4-11-23(14-19-8-6-18(13-22)7-9-19)21(24)15-25-20-10-5-16(2)12-17(20)3/h4-10,12H,1,11,14-15H2,2-3H3. The van der Waals surface area contributed by atoms with Gasteiger partial charge in [0, 0.05) is 13.1 Å². The van der Waals surface area contributed by atoms with Crippen molar-refractivity contribution in [2.45, 2.75) is 20.4 Å². The molecular formula is C21H22N2O2. The van der Waals surface area contributed by atoms with Gasteiger partial charge in [0.25, 0.3) is 5.91 Å². The fourth-order valence-electron chi connectivity index (χ4n) is 2.51. The first kappa shape index (κ1) is 18.3. The van der Waals surface area contributed by atoms with E-state index in [0.717, 1.165) is 22.4 Å². The number of carbonyl (C=O) groups is 1. The Balaban J connectivity index is 2.01. The number of hydrogen-bond acceptors (Lipinski definition) is 3. The van der Waals surface area contributed by atoms with Crippen LogP contribution in [0.15, 0.2) is 55.1 Å². The Hall–Kier alpha value is -3.06. The normalized spacial score (nSPS) is 9.96. The Labute approximate surface area is 149 Å². The summed E-state index contributed by atoms with van der Waals surface area (Å²) in [6, 6.07) is 15.2. The summed E-state index contributed by atoms with van der Waals surface area (Å²) in [6.07, 6.45) is 1.69. The lowest BCUT2D eigenvalue weighted by Crippen LogP contribution is -2.34. The molecule has 0 radical (unpaired) electrons. The molecule has 0 unspecified atom stereocenters. The lowest BCUT2D eigenvalue weighted by molar-refractivity contribution is -0.133. The molecule has 0 fully saturated rings. The fraction of sp³-hybridized carbons (Fsp3) is 0.238. The third-order valence-corrected chi connectivity index (χ3v) is 3.84. The summed E-state index contributed by atoms with van der Waals surface area (Å²) < 4.78 is 5.69. The number of nitrogens with zero attached hydrogens (tertiary/aromatic N) is 2. The summed E-state index contributed by atoms with van der Waals surface area (Å²) in [5.74, 6) is 0.611. The maximum atomic E-state index is 12.5. The molecule has 0 N–H and O–H groups in total. The van der Waals surface area contributed by atoms with Crippen LogP contribution in [0.25, 0.3) is 0 Å². The topological polar surface area (TPSA) is 53.3 Å². The molecule has 2 rings (SSSR count). The van der Waals surface area contributed by atoms with Gasteiger partial charge in [-0.1, -0.05) is 35.9 Å². The van der Waals surface area contributed by atoms with Gasteiger partial charge < -0.3 is 9.64 Å². The smallest absolute Gasteiger partial charge is 0.261 e. The highest BCUT2D eigenvalue weighted by Crippen LogP contribution is 2.19. The van der Waals surface area contributed by atoms with Crippen LogP contribution in [0, 0.1) is 25.2 Å². The van der Waals surface area contributed by atoms with Crippen molar-refractivity contribution in [3.05, 3.63) is 77.4 Å². The lowest BCUT2D eigenvalue weighted by Gasteiger charge is -2.22. The highest BCUT2D eigenvalue weighted by molar-refractivity contribution is 5.78. The molecule has 0 aliphatic heterocycles. The molecule has 0 bridgehead atoms. The highest BCUT2D eigenvalue weighted by atomic mass is 16.5. The van der Waals surface area contributed by atoms with Gasteiger partial charge in [0.2, 0.25) is 0 Å². The number of benzene rings is 2. The number of rotatable bonds is 7. The quantitative estimate of drug-likeness (QED) is 0.724. The molecule has 0 aromatic heterocycles. The SMILES string of the molecule is C=CCN(Cc1ccc(C#N)cc1)C(=O)COc1ccc(C)cc1C. The van der Waals surface area contributed by atoms with Crippen molar-refractivity contribution in [3.8, 4) is 11.8 Å². The van der Waals surface area contributed by atoms with Gasteiger partial charge in [-0.2, -0.15) is 5.26 Å². The predicted molar refractivity (Wildman–Crippen MR) is 98.2 cm³/mol. The Morgan fingerprint density at radius 2 is 1.96 bits per heavy atom. The van der Waals surface area contributed by atoms with Crippen molar-refractivity contribution >= 4 is 5.91 Å². The van der Waals surface area contributed by atoms with Crippen LogP contribution in [-0.2, 0) is 11.3 Å². The molecule has 4 nitrogen and oxygen atoms in total. The number of aryl methyl sites for hydroxylation is 2. The minimum atomic E-state index is -0.107. The Morgan fingerprint density at radius 3 is 2.56 bits per heavy atom. The van der Waals surface area contributed by atoms with E-state index in [2.05, 4.69) is 12.6 Å². The molecule has 0 heterocycles. The van der Waals surface area contributed by atoms with E-state index in [1.54, 1.807) is 23.1 Å². The summed E-state index contributed by atoms with van der Waals surface area (Å²) in [5.41, 5.74) is 3.73. The van der Waals surface area contributed by atoms with Gasteiger partial charge >= 0.3 is 0 Å².